The summed E-state index contributed by atoms with van der Waals surface area (Å²) < 4.78 is 16.6. The predicted octanol–water partition coefficient (Wildman–Crippen LogP) is 2.33. The first-order valence-electron chi connectivity index (χ1n) is 9.07. The average molecular weight is 359 g/mol. The van der Waals surface area contributed by atoms with Gasteiger partial charge >= 0.3 is 5.97 Å². The van der Waals surface area contributed by atoms with Crippen molar-refractivity contribution in [2.24, 2.45) is 5.92 Å². The summed E-state index contributed by atoms with van der Waals surface area (Å²) in [4.78, 5) is 25.0. The fourth-order valence-electron chi connectivity index (χ4n) is 3.04. The molecule has 0 saturated carbocycles. The van der Waals surface area contributed by atoms with E-state index in [9.17, 15) is 9.59 Å². The van der Waals surface area contributed by atoms with Crippen molar-refractivity contribution in [2.75, 3.05) is 19.8 Å². The summed E-state index contributed by atoms with van der Waals surface area (Å²) in [7, 11) is 0. The first kappa shape index (κ1) is 18.5. The first-order valence-corrected chi connectivity index (χ1v) is 9.07. The van der Waals surface area contributed by atoms with Gasteiger partial charge in [0, 0.05) is 18.7 Å². The van der Waals surface area contributed by atoms with E-state index in [1.54, 1.807) is 6.08 Å². The molecule has 1 amide bonds. The van der Waals surface area contributed by atoms with Gasteiger partial charge in [0.2, 0.25) is 0 Å². The van der Waals surface area contributed by atoms with E-state index in [1.165, 1.54) is 0 Å². The molecular formula is C20H25NO5. The van der Waals surface area contributed by atoms with E-state index >= 15 is 0 Å². The van der Waals surface area contributed by atoms with Crippen LogP contribution in [0.25, 0.3) is 6.08 Å². The Bertz CT molecular complexity index is 691. The standard InChI is InChI=1S/C20H25NO5/c1-13(2)18(19(22)21-11-16-7-5-9-24-16)26-20(23)15-10-14-6-3-4-8-17(14)25-12-15/h3-4,6,8,10,13,16,18H,5,7,9,11-12H2,1-2H3,(H,21,22)/t16-,18+/m1/s1. The monoisotopic (exact) mass is 359 g/mol. The maximum absolute atomic E-state index is 12.5. The van der Waals surface area contributed by atoms with Gasteiger partial charge in [0.15, 0.2) is 6.10 Å². The Morgan fingerprint density at radius 1 is 1.31 bits per heavy atom. The van der Waals surface area contributed by atoms with E-state index in [0.29, 0.717) is 12.1 Å². The van der Waals surface area contributed by atoms with Crippen molar-refractivity contribution in [3.8, 4) is 5.75 Å². The molecule has 0 bridgehead atoms. The highest BCUT2D eigenvalue weighted by atomic mass is 16.6. The normalized spacial score (nSPS) is 20.0. The van der Waals surface area contributed by atoms with Crippen molar-refractivity contribution in [3.63, 3.8) is 0 Å². The summed E-state index contributed by atoms with van der Waals surface area (Å²) >= 11 is 0. The highest BCUT2D eigenvalue weighted by molar-refractivity contribution is 5.97. The largest absolute Gasteiger partial charge is 0.488 e. The molecule has 1 saturated heterocycles. The number of esters is 1. The molecule has 1 aromatic carbocycles. The molecule has 1 fully saturated rings. The number of para-hydroxylation sites is 1. The smallest absolute Gasteiger partial charge is 0.338 e. The van der Waals surface area contributed by atoms with Crippen LogP contribution in [0.3, 0.4) is 0 Å². The van der Waals surface area contributed by atoms with E-state index in [2.05, 4.69) is 5.32 Å². The molecule has 1 aromatic rings. The van der Waals surface area contributed by atoms with Crippen LogP contribution < -0.4 is 10.1 Å². The lowest BCUT2D eigenvalue weighted by molar-refractivity contribution is -0.155. The summed E-state index contributed by atoms with van der Waals surface area (Å²) in [5, 5.41) is 2.84. The fraction of sp³-hybridized carbons (Fsp3) is 0.500. The number of carbonyl (C=O) groups is 2. The van der Waals surface area contributed by atoms with Crippen LogP contribution in [-0.4, -0.2) is 43.8 Å². The van der Waals surface area contributed by atoms with Crippen LogP contribution in [0.4, 0.5) is 0 Å². The zero-order valence-electron chi connectivity index (χ0n) is 15.2. The van der Waals surface area contributed by atoms with E-state index in [1.807, 2.05) is 38.1 Å². The van der Waals surface area contributed by atoms with Crippen LogP contribution in [-0.2, 0) is 19.1 Å². The maximum Gasteiger partial charge on any atom is 0.338 e. The Morgan fingerprint density at radius 2 is 2.12 bits per heavy atom. The van der Waals surface area contributed by atoms with Gasteiger partial charge in [-0.25, -0.2) is 4.79 Å². The molecule has 2 aliphatic rings. The van der Waals surface area contributed by atoms with Crippen LogP contribution in [0.2, 0.25) is 0 Å². The minimum atomic E-state index is -0.845. The topological polar surface area (TPSA) is 73.9 Å². The van der Waals surface area contributed by atoms with Gasteiger partial charge in [-0.05, 0) is 30.9 Å². The molecule has 0 aliphatic carbocycles. The van der Waals surface area contributed by atoms with Crippen LogP contribution in [0, 0.1) is 5.92 Å². The zero-order valence-corrected chi connectivity index (χ0v) is 15.2. The number of ether oxygens (including phenoxy) is 3. The number of carbonyl (C=O) groups excluding carboxylic acids is 2. The summed E-state index contributed by atoms with van der Waals surface area (Å²) in [6, 6.07) is 7.48. The number of rotatable bonds is 6. The Kier molecular flexibility index (Phi) is 5.93. The van der Waals surface area contributed by atoms with Crippen LogP contribution in [0.15, 0.2) is 29.8 Å². The third-order valence-corrected chi connectivity index (χ3v) is 4.52. The average Bonchev–Trinajstić information content (AvgIpc) is 3.17. The highest BCUT2D eigenvalue weighted by Gasteiger charge is 2.29. The van der Waals surface area contributed by atoms with Crippen molar-refractivity contribution in [3.05, 3.63) is 35.4 Å². The second-order valence-electron chi connectivity index (χ2n) is 6.95. The number of hydrogen-bond donors (Lipinski definition) is 1. The lowest BCUT2D eigenvalue weighted by Crippen LogP contribution is -2.44. The SMILES string of the molecule is CC(C)[C@H](OC(=O)C1=Cc2ccccc2OC1)C(=O)NC[C@H]1CCCO1. The molecule has 6 heteroatoms. The van der Waals surface area contributed by atoms with Crippen molar-refractivity contribution in [2.45, 2.75) is 38.9 Å². The molecule has 0 unspecified atom stereocenters. The van der Waals surface area contributed by atoms with Crippen molar-refractivity contribution in [1.29, 1.82) is 0 Å². The molecule has 0 radical (unpaired) electrons. The summed E-state index contributed by atoms with van der Waals surface area (Å²) in [6.07, 6.45) is 2.91. The van der Waals surface area contributed by atoms with Gasteiger partial charge in [-0.2, -0.15) is 0 Å². The third kappa shape index (κ3) is 4.43. The van der Waals surface area contributed by atoms with E-state index < -0.39 is 12.1 Å². The number of hydrogen-bond acceptors (Lipinski definition) is 5. The summed E-state index contributed by atoms with van der Waals surface area (Å²) in [5.41, 5.74) is 1.23. The molecular weight excluding hydrogens is 334 g/mol. The van der Waals surface area contributed by atoms with Crippen molar-refractivity contribution < 1.29 is 23.8 Å². The Labute approximate surface area is 153 Å². The fourth-order valence-corrected chi connectivity index (χ4v) is 3.04. The van der Waals surface area contributed by atoms with E-state index in [0.717, 1.165) is 30.8 Å². The molecule has 2 aliphatic heterocycles. The molecule has 0 aromatic heterocycles. The molecule has 3 rings (SSSR count). The van der Waals surface area contributed by atoms with Gasteiger partial charge < -0.3 is 19.5 Å². The highest BCUT2D eigenvalue weighted by Crippen LogP contribution is 2.26. The number of fused-ring (bicyclic) bond motifs is 1. The van der Waals surface area contributed by atoms with Crippen molar-refractivity contribution in [1.82, 2.24) is 5.32 Å². The Balaban J connectivity index is 1.61. The summed E-state index contributed by atoms with van der Waals surface area (Å²) in [5.74, 6) is -0.216. The minimum absolute atomic E-state index is 0.0495. The predicted molar refractivity (Wildman–Crippen MR) is 96.6 cm³/mol. The van der Waals surface area contributed by atoms with Crippen molar-refractivity contribution >= 4 is 18.0 Å². The van der Waals surface area contributed by atoms with E-state index in [4.69, 9.17) is 14.2 Å². The van der Waals surface area contributed by atoms with Crippen LogP contribution >= 0.6 is 0 Å². The lowest BCUT2D eigenvalue weighted by Gasteiger charge is -2.23. The van der Waals surface area contributed by atoms with Gasteiger partial charge in [0.1, 0.15) is 12.4 Å². The second-order valence-corrected chi connectivity index (χ2v) is 6.95. The van der Waals surface area contributed by atoms with Gasteiger partial charge in [-0.15, -0.1) is 0 Å². The molecule has 1 N–H and O–H groups in total. The van der Waals surface area contributed by atoms with Crippen LogP contribution in [0.5, 0.6) is 5.75 Å². The number of nitrogens with one attached hydrogen (secondary N) is 1. The molecule has 2 heterocycles. The zero-order chi connectivity index (χ0) is 18.5. The quantitative estimate of drug-likeness (QED) is 0.789. The number of benzene rings is 1. The van der Waals surface area contributed by atoms with Gasteiger partial charge in [0.05, 0.1) is 11.7 Å². The maximum atomic E-state index is 12.5. The summed E-state index contributed by atoms with van der Waals surface area (Å²) in [6.45, 7) is 5.02. The van der Waals surface area contributed by atoms with Gasteiger partial charge in [-0.3, -0.25) is 4.79 Å². The van der Waals surface area contributed by atoms with E-state index in [-0.39, 0.29) is 24.5 Å². The number of amides is 1. The second kappa shape index (κ2) is 8.36. The molecule has 140 valence electrons. The minimum Gasteiger partial charge on any atom is -0.488 e. The molecule has 0 spiro atoms. The lowest BCUT2D eigenvalue weighted by atomic mass is 10.1. The van der Waals surface area contributed by atoms with Gasteiger partial charge in [0.25, 0.3) is 5.91 Å². The third-order valence-electron chi connectivity index (χ3n) is 4.52. The van der Waals surface area contributed by atoms with Crippen LogP contribution in [0.1, 0.15) is 32.3 Å². The first-order chi connectivity index (χ1) is 12.5. The Morgan fingerprint density at radius 3 is 2.85 bits per heavy atom. The molecule has 2 atom stereocenters. The Hall–Kier alpha value is -2.34. The molecule has 6 nitrogen and oxygen atoms in total. The van der Waals surface area contributed by atoms with Gasteiger partial charge in [-0.1, -0.05) is 32.0 Å². The molecule has 26 heavy (non-hydrogen) atoms.